The van der Waals surface area contributed by atoms with Gasteiger partial charge in [0.1, 0.15) is 5.75 Å². The molecular formula is C12H21NO. The molecule has 0 aliphatic carbocycles. The molecule has 1 rings (SSSR count). The second-order valence-electron chi connectivity index (χ2n) is 2.84. The van der Waals surface area contributed by atoms with E-state index in [0.717, 1.165) is 12.2 Å². The molecule has 80 valence electrons. The molecule has 2 heteroatoms. The van der Waals surface area contributed by atoms with E-state index in [2.05, 4.69) is 12.1 Å². The quantitative estimate of drug-likeness (QED) is 0.804. The number of benzene rings is 1. The number of rotatable bonds is 3. The van der Waals surface area contributed by atoms with Gasteiger partial charge in [0.25, 0.3) is 0 Å². The van der Waals surface area contributed by atoms with Gasteiger partial charge in [-0.1, -0.05) is 26.0 Å². The van der Waals surface area contributed by atoms with Gasteiger partial charge < -0.3 is 10.5 Å². The molecule has 0 amide bonds. The monoisotopic (exact) mass is 195 g/mol. The van der Waals surface area contributed by atoms with Gasteiger partial charge in [-0.15, -0.1) is 0 Å². The van der Waals surface area contributed by atoms with Crippen LogP contribution in [0.1, 0.15) is 25.0 Å². The zero-order valence-corrected chi connectivity index (χ0v) is 9.63. The standard InChI is InChI=1S/C10H15NO.C2H6/c1-8-7-9(5-6-11)3-4-10(8)12-2;1-2/h3-4,7H,5-6,11H2,1-2H3;1-2H3. The molecule has 0 saturated carbocycles. The first-order valence-corrected chi connectivity index (χ1v) is 5.11. The summed E-state index contributed by atoms with van der Waals surface area (Å²) in [5, 5.41) is 0. The Morgan fingerprint density at radius 2 is 1.93 bits per heavy atom. The molecule has 0 unspecified atom stereocenters. The Hall–Kier alpha value is -1.02. The summed E-state index contributed by atoms with van der Waals surface area (Å²) in [5.41, 5.74) is 7.89. The third kappa shape index (κ3) is 3.79. The third-order valence-electron chi connectivity index (χ3n) is 1.89. The van der Waals surface area contributed by atoms with Crippen LogP contribution in [0.2, 0.25) is 0 Å². The van der Waals surface area contributed by atoms with E-state index < -0.39 is 0 Å². The minimum Gasteiger partial charge on any atom is -0.496 e. The van der Waals surface area contributed by atoms with Crippen LogP contribution in [0, 0.1) is 6.92 Å². The van der Waals surface area contributed by atoms with Crippen LogP contribution >= 0.6 is 0 Å². The van der Waals surface area contributed by atoms with Crippen LogP contribution in [0.15, 0.2) is 18.2 Å². The molecule has 1 aromatic rings. The normalized spacial score (nSPS) is 8.93. The molecule has 0 aliphatic rings. The van der Waals surface area contributed by atoms with Gasteiger partial charge in [-0.2, -0.15) is 0 Å². The maximum atomic E-state index is 5.45. The second-order valence-corrected chi connectivity index (χ2v) is 2.84. The lowest BCUT2D eigenvalue weighted by Gasteiger charge is -2.05. The van der Waals surface area contributed by atoms with Gasteiger partial charge in [0.15, 0.2) is 0 Å². The molecule has 0 bridgehead atoms. The van der Waals surface area contributed by atoms with Crippen molar-refractivity contribution in [2.24, 2.45) is 5.73 Å². The molecule has 1 aromatic carbocycles. The van der Waals surface area contributed by atoms with Crippen molar-refractivity contribution < 1.29 is 4.74 Å². The molecule has 0 radical (unpaired) electrons. The number of ether oxygens (including phenoxy) is 1. The summed E-state index contributed by atoms with van der Waals surface area (Å²) in [6, 6.07) is 6.16. The summed E-state index contributed by atoms with van der Waals surface area (Å²) in [5.74, 6) is 0.941. The number of methoxy groups -OCH3 is 1. The highest BCUT2D eigenvalue weighted by Crippen LogP contribution is 2.18. The fourth-order valence-corrected chi connectivity index (χ4v) is 1.26. The Kier molecular flexibility index (Phi) is 6.85. The lowest BCUT2D eigenvalue weighted by atomic mass is 10.1. The van der Waals surface area contributed by atoms with Crippen molar-refractivity contribution in [3.05, 3.63) is 29.3 Å². The molecule has 0 aromatic heterocycles. The summed E-state index contributed by atoms with van der Waals surface area (Å²) in [6.45, 7) is 6.74. The maximum Gasteiger partial charge on any atom is 0.121 e. The van der Waals surface area contributed by atoms with Crippen LogP contribution < -0.4 is 10.5 Å². The maximum absolute atomic E-state index is 5.45. The highest BCUT2D eigenvalue weighted by atomic mass is 16.5. The SMILES string of the molecule is CC.COc1ccc(CCN)cc1C. The summed E-state index contributed by atoms with van der Waals surface area (Å²) in [4.78, 5) is 0. The van der Waals surface area contributed by atoms with E-state index in [1.54, 1.807) is 7.11 Å². The highest BCUT2D eigenvalue weighted by molar-refractivity contribution is 5.36. The van der Waals surface area contributed by atoms with Crippen LogP contribution in [0.3, 0.4) is 0 Å². The fraction of sp³-hybridized carbons (Fsp3) is 0.500. The Balaban J connectivity index is 0.000000791. The van der Waals surface area contributed by atoms with Crippen molar-refractivity contribution >= 4 is 0 Å². The Morgan fingerprint density at radius 3 is 2.36 bits per heavy atom. The second kappa shape index (κ2) is 7.39. The third-order valence-corrected chi connectivity index (χ3v) is 1.89. The van der Waals surface area contributed by atoms with Crippen LogP contribution in [0.4, 0.5) is 0 Å². The van der Waals surface area contributed by atoms with E-state index in [1.165, 1.54) is 11.1 Å². The van der Waals surface area contributed by atoms with E-state index in [9.17, 15) is 0 Å². The molecule has 0 atom stereocenters. The van der Waals surface area contributed by atoms with Gasteiger partial charge in [0, 0.05) is 0 Å². The van der Waals surface area contributed by atoms with Crippen molar-refractivity contribution in [1.82, 2.24) is 0 Å². The minimum absolute atomic E-state index is 0.700. The summed E-state index contributed by atoms with van der Waals surface area (Å²) in [7, 11) is 1.69. The smallest absolute Gasteiger partial charge is 0.121 e. The lowest BCUT2D eigenvalue weighted by Crippen LogP contribution is -2.02. The average Bonchev–Trinajstić information content (AvgIpc) is 2.22. The van der Waals surface area contributed by atoms with Crippen molar-refractivity contribution in [2.75, 3.05) is 13.7 Å². The lowest BCUT2D eigenvalue weighted by molar-refractivity contribution is 0.411. The van der Waals surface area contributed by atoms with Crippen LogP contribution in [-0.2, 0) is 6.42 Å². The highest BCUT2D eigenvalue weighted by Gasteiger charge is 1.98. The van der Waals surface area contributed by atoms with Crippen molar-refractivity contribution in [2.45, 2.75) is 27.2 Å². The number of hydrogen-bond acceptors (Lipinski definition) is 2. The topological polar surface area (TPSA) is 35.2 Å². The summed E-state index contributed by atoms with van der Waals surface area (Å²) < 4.78 is 5.15. The summed E-state index contributed by atoms with van der Waals surface area (Å²) in [6.07, 6.45) is 0.935. The van der Waals surface area contributed by atoms with E-state index in [1.807, 2.05) is 26.8 Å². The molecule has 2 nitrogen and oxygen atoms in total. The largest absolute Gasteiger partial charge is 0.496 e. The van der Waals surface area contributed by atoms with Crippen LogP contribution in [-0.4, -0.2) is 13.7 Å². The molecule has 0 fully saturated rings. The van der Waals surface area contributed by atoms with E-state index in [0.29, 0.717) is 6.54 Å². The van der Waals surface area contributed by atoms with Gasteiger partial charge in [0.05, 0.1) is 7.11 Å². The van der Waals surface area contributed by atoms with Gasteiger partial charge in [-0.05, 0) is 37.1 Å². The number of hydrogen-bond donors (Lipinski definition) is 1. The molecule has 0 heterocycles. The van der Waals surface area contributed by atoms with Gasteiger partial charge >= 0.3 is 0 Å². The number of nitrogens with two attached hydrogens (primary N) is 1. The van der Waals surface area contributed by atoms with Crippen molar-refractivity contribution in [1.29, 1.82) is 0 Å². The van der Waals surface area contributed by atoms with Crippen molar-refractivity contribution in [3.8, 4) is 5.75 Å². The number of aryl methyl sites for hydroxylation is 1. The Labute approximate surface area is 87.1 Å². The molecule has 0 aliphatic heterocycles. The van der Waals surface area contributed by atoms with E-state index >= 15 is 0 Å². The first-order chi connectivity index (χ1) is 6.77. The fourth-order valence-electron chi connectivity index (χ4n) is 1.26. The predicted octanol–water partition coefficient (Wildman–Crippen LogP) is 2.53. The van der Waals surface area contributed by atoms with Gasteiger partial charge in [-0.25, -0.2) is 0 Å². The first kappa shape index (κ1) is 13.0. The minimum atomic E-state index is 0.700. The van der Waals surface area contributed by atoms with Crippen LogP contribution in [0.25, 0.3) is 0 Å². The van der Waals surface area contributed by atoms with Crippen LogP contribution in [0.5, 0.6) is 5.75 Å². The Morgan fingerprint density at radius 1 is 1.29 bits per heavy atom. The van der Waals surface area contributed by atoms with Gasteiger partial charge in [0.2, 0.25) is 0 Å². The molecule has 0 spiro atoms. The van der Waals surface area contributed by atoms with Gasteiger partial charge in [-0.3, -0.25) is 0 Å². The van der Waals surface area contributed by atoms with Crippen molar-refractivity contribution in [3.63, 3.8) is 0 Å². The zero-order chi connectivity index (χ0) is 11.0. The summed E-state index contributed by atoms with van der Waals surface area (Å²) >= 11 is 0. The van der Waals surface area contributed by atoms with E-state index in [4.69, 9.17) is 10.5 Å². The Bertz CT molecular complexity index is 258. The predicted molar refractivity (Wildman–Crippen MR) is 61.8 cm³/mol. The van der Waals surface area contributed by atoms with E-state index in [-0.39, 0.29) is 0 Å². The molecular weight excluding hydrogens is 174 g/mol. The molecule has 0 saturated heterocycles. The average molecular weight is 195 g/mol. The zero-order valence-electron chi connectivity index (χ0n) is 9.63. The molecule has 14 heavy (non-hydrogen) atoms. The molecule has 2 N–H and O–H groups in total. The first-order valence-electron chi connectivity index (χ1n) is 5.11.